The Hall–Kier alpha value is -2.19. The largest absolute Gasteiger partial charge is 0.420 e. The molecule has 1 aromatic carbocycles. The normalized spacial score (nSPS) is 12.8. The molecule has 96 valence electrons. The average Bonchev–Trinajstić information content (AvgIpc) is 2.65. The number of non-ortho nitro benzene ring substituents is 1. The molecule has 0 spiro atoms. The van der Waals surface area contributed by atoms with Gasteiger partial charge in [0.2, 0.25) is 0 Å². The molecular weight excluding hydrogens is 242 g/mol. The third-order valence-electron chi connectivity index (χ3n) is 2.53. The van der Waals surface area contributed by atoms with Crippen molar-refractivity contribution in [3.63, 3.8) is 0 Å². The molecule has 0 aliphatic rings. The Bertz CT molecular complexity index is 644. The van der Waals surface area contributed by atoms with Crippen LogP contribution in [-0.4, -0.2) is 27.2 Å². The maximum Gasteiger partial charge on any atom is 0.420 e. The lowest BCUT2D eigenvalue weighted by Crippen LogP contribution is -2.29. The molecule has 1 unspecified atom stereocenters. The van der Waals surface area contributed by atoms with Crippen molar-refractivity contribution < 1.29 is 14.4 Å². The summed E-state index contributed by atoms with van der Waals surface area (Å²) in [5.74, 6) is -0.682. The minimum absolute atomic E-state index is 0.0198. The molecule has 0 saturated heterocycles. The zero-order valence-corrected chi connectivity index (χ0v) is 9.28. The number of fused-ring (bicyclic) bond motifs is 1. The van der Waals surface area contributed by atoms with E-state index in [0.717, 1.165) is 4.57 Å². The molecule has 0 amide bonds. The maximum absolute atomic E-state index is 11.5. The first-order chi connectivity index (χ1) is 8.52. The highest BCUT2D eigenvalue weighted by Crippen LogP contribution is 2.20. The molecule has 2 aromatic rings. The highest BCUT2D eigenvalue weighted by Gasteiger charge is 2.15. The van der Waals surface area contributed by atoms with Gasteiger partial charge >= 0.3 is 5.76 Å². The average molecular weight is 253 g/mol. The van der Waals surface area contributed by atoms with E-state index < -0.39 is 16.8 Å². The van der Waals surface area contributed by atoms with Crippen LogP contribution in [0, 0.1) is 10.1 Å². The lowest BCUT2D eigenvalue weighted by molar-refractivity contribution is -0.384. The Morgan fingerprint density at radius 1 is 1.56 bits per heavy atom. The molecule has 0 radical (unpaired) electrons. The van der Waals surface area contributed by atoms with Crippen LogP contribution in [0.25, 0.3) is 11.1 Å². The molecule has 0 fully saturated rings. The first-order valence-corrected chi connectivity index (χ1v) is 5.19. The minimum atomic E-state index is -0.914. The second-order valence-corrected chi connectivity index (χ2v) is 3.78. The summed E-state index contributed by atoms with van der Waals surface area (Å²) < 4.78 is 6.04. The van der Waals surface area contributed by atoms with Crippen LogP contribution < -0.4 is 11.5 Å². The Balaban J connectivity index is 2.57. The maximum atomic E-state index is 11.5. The van der Waals surface area contributed by atoms with Gasteiger partial charge in [-0.1, -0.05) is 0 Å². The minimum Gasteiger partial charge on any atom is -0.408 e. The number of hydrogen-bond acceptors (Lipinski definition) is 6. The topological polar surface area (TPSA) is 125 Å². The predicted molar refractivity (Wildman–Crippen MR) is 62.2 cm³/mol. The molecule has 3 N–H and O–H groups in total. The number of nitro groups is 1. The highest BCUT2D eigenvalue weighted by atomic mass is 16.6. The predicted octanol–water partition coefficient (Wildman–Crippen LogP) is -0.178. The number of rotatable bonds is 4. The number of oxazole rings is 1. The zero-order valence-electron chi connectivity index (χ0n) is 9.28. The fourth-order valence-electron chi connectivity index (χ4n) is 1.62. The van der Waals surface area contributed by atoms with E-state index in [1.165, 1.54) is 18.2 Å². The van der Waals surface area contributed by atoms with Crippen molar-refractivity contribution in [2.75, 3.05) is 6.54 Å². The molecular formula is C10H11N3O5. The Kier molecular flexibility index (Phi) is 3.13. The van der Waals surface area contributed by atoms with Crippen molar-refractivity contribution in [1.29, 1.82) is 0 Å². The smallest absolute Gasteiger partial charge is 0.408 e. The monoisotopic (exact) mass is 253 g/mol. The number of aliphatic hydroxyl groups excluding tert-OH is 1. The summed E-state index contributed by atoms with van der Waals surface area (Å²) in [6.45, 7) is -0.0858. The van der Waals surface area contributed by atoms with Gasteiger partial charge in [-0.15, -0.1) is 0 Å². The van der Waals surface area contributed by atoms with Crippen LogP contribution >= 0.6 is 0 Å². The van der Waals surface area contributed by atoms with E-state index >= 15 is 0 Å². The number of hydrogen-bond donors (Lipinski definition) is 2. The van der Waals surface area contributed by atoms with Crippen molar-refractivity contribution in [2.24, 2.45) is 5.73 Å². The van der Waals surface area contributed by atoms with Gasteiger partial charge in [0, 0.05) is 18.7 Å². The van der Waals surface area contributed by atoms with Crippen LogP contribution in [0.15, 0.2) is 27.4 Å². The summed E-state index contributed by atoms with van der Waals surface area (Å²) in [7, 11) is 0. The number of nitrogens with zero attached hydrogens (tertiary/aromatic N) is 2. The molecule has 8 nitrogen and oxygen atoms in total. The summed E-state index contributed by atoms with van der Waals surface area (Å²) in [6.07, 6.45) is -0.914. The molecule has 1 atom stereocenters. The van der Waals surface area contributed by atoms with Crippen molar-refractivity contribution in [3.8, 4) is 0 Å². The van der Waals surface area contributed by atoms with Gasteiger partial charge in [-0.05, 0) is 6.07 Å². The lowest BCUT2D eigenvalue weighted by atomic mass is 10.2. The van der Waals surface area contributed by atoms with Crippen molar-refractivity contribution in [2.45, 2.75) is 12.6 Å². The summed E-state index contributed by atoms with van der Waals surface area (Å²) in [5, 5.41) is 20.1. The third-order valence-corrected chi connectivity index (χ3v) is 2.53. The van der Waals surface area contributed by atoms with Gasteiger partial charge in [0.15, 0.2) is 5.58 Å². The fourth-order valence-corrected chi connectivity index (χ4v) is 1.62. The second kappa shape index (κ2) is 4.59. The molecule has 1 heterocycles. The number of nitrogens with two attached hydrogens (primary N) is 1. The van der Waals surface area contributed by atoms with Gasteiger partial charge < -0.3 is 15.3 Å². The standard InChI is InChI=1S/C10H11N3O5/c11-4-7(14)5-12-8-3-6(13(16)17)1-2-9(8)18-10(12)15/h1-3,7,14H,4-5,11H2. The molecule has 18 heavy (non-hydrogen) atoms. The summed E-state index contributed by atoms with van der Waals surface area (Å²) in [6, 6.07) is 3.82. The fraction of sp³-hybridized carbons (Fsp3) is 0.300. The molecule has 0 bridgehead atoms. The number of nitro benzene ring substituents is 1. The Morgan fingerprint density at radius 3 is 2.89 bits per heavy atom. The quantitative estimate of drug-likeness (QED) is 0.575. The number of benzene rings is 1. The summed E-state index contributed by atoms with van der Waals surface area (Å²) in [4.78, 5) is 21.6. The third kappa shape index (κ3) is 2.11. The summed E-state index contributed by atoms with van der Waals surface area (Å²) >= 11 is 0. The first-order valence-electron chi connectivity index (χ1n) is 5.19. The first kappa shape index (κ1) is 12.3. The SMILES string of the molecule is NCC(O)Cn1c(=O)oc2ccc([N+](=O)[O-])cc21. The molecule has 0 aliphatic carbocycles. The van der Waals surface area contributed by atoms with E-state index in [2.05, 4.69) is 0 Å². The van der Waals surface area contributed by atoms with E-state index in [1.54, 1.807) is 0 Å². The van der Waals surface area contributed by atoms with Crippen LogP contribution in [0.2, 0.25) is 0 Å². The summed E-state index contributed by atoms with van der Waals surface area (Å²) in [5.41, 5.74) is 5.60. The van der Waals surface area contributed by atoms with Crippen LogP contribution in [0.5, 0.6) is 0 Å². The highest BCUT2D eigenvalue weighted by molar-refractivity contribution is 5.75. The van der Waals surface area contributed by atoms with E-state index in [-0.39, 0.29) is 29.9 Å². The molecule has 8 heteroatoms. The number of aliphatic hydroxyl groups is 1. The van der Waals surface area contributed by atoms with Gasteiger partial charge in [-0.25, -0.2) is 4.79 Å². The van der Waals surface area contributed by atoms with Crippen molar-refractivity contribution in [3.05, 3.63) is 38.9 Å². The van der Waals surface area contributed by atoms with E-state index in [0.29, 0.717) is 0 Å². The van der Waals surface area contributed by atoms with Crippen molar-refractivity contribution in [1.82, 2.24) is 4.57 Å². The van der Waals surface area contributed by atoms with Gasteiger partial charge in [0.25, 0.3) is 5.69 Å². The van der Waals surface area contributed by atoms with Crippen LogP contribution in [0.4, 0.5) is 5.69 Å². The van der Waals surface area contributed by atoms with E-state index in [1.807, 2.05) is 0 Å². The van der Waals surface area contributed by atoms with E-state index in [4.69, 9.17) is 10.2 Å². The molecule has 2 rings (SSSR count). The Morgan fingerprint density at radius 2 is 2.28 bits per heavy atom. The van der Waals surface area contributed by atoms with Gasteiger partial charge in [0.1, 0.15) is 0 Å². The number of aromatic nitrogens is 1. The lowest BCUT2D eigenvalue weighted by Gasteiger charge is -2.07. The van der Waals surface area contributed by atoms with Crippen molar-refractivity contribution >= 4 is 16.8 Å². The molecule has 1 aromatic heterocycles. The molecule has 0 saturated carbocycles. The molecule has 0 aliphatic heterocycles. The van der Waals surface area contributed by atoms with Gasteiger partial charge in [-0.2, -0.15) is 0 Å². The van der Waals surface area contributed by atoms with Crippen LogP contribution in [0.1, 0.15) is 0 Å². The van der Waals surface area contributed by atoms with Crippen LogP contribution in [-0.2, 0) is 6.54 Å². The Labute approximate surface area is 100 Å². The van der Waals surface area contributed by atoms with Crippen LogP contribution in [0.3, 0.4) is 0 Å². The van der Waals surface area contributed by atoms with E-state index in [9.17, 15) is 20.0 Å². The second-order valence-electron chi connectivity index (χ2n) is 3.78. The zero-order chi connectivity index (χ0) is 13.3. The van der Waals surface area contributed by atoms with Gasteiger partial charge in [-0.3, -0.25) is 14.7 Å². The van der Waals surface area contributed by atoms with Gasteiger partial charge in [0.05, 0.1) is 23.1 Å².